The Kier molecular flexibility index (Phi) is 3.26. The number of benzene rings is 1. The fourth-order valence-electron chi connectivity index (χ4n) is 1.000. The molecule has 0 unspecified atom stereocenters. The first-order valence-electron chi connectivity index (χ1n) is 3.97. The summed E-state index contributed by atoms with van der Waals surface area (Å²) in [6, 6.07) is 6.94. The minimum atomic E-state index is -0.117. The Labute approximate surface area is 91.1 Å². The van der Waals surface area contributed by atoms with Gasteiger partial charge in [0.25, 0.3) is 5.91 Å². The highest BCUT2D eigenvalue weighted by Gasteiger charge is 2.12. The van der Waals surface area contributed by atoms with Gasteiger partial charge in [-0.25, -0.2) is 0 Å². The summed E-state index contributed by atoms with van der Waals surface area (Å²) in [5.41, 5.74) is 0.993. The van der Waals surface area contributed by atoms with Gasteiger partial charge in [-0.1, -0.05) is 0 Å². The van der Waals surface area contributed by atoms with Gasteiger partial charge in [0.2, 0.25) is 0 Å². The lowest BCUT2D eigenvalue weighted by Crippen LogP contribution is -2.22. The maximum absolute atomic E-state index is 11.6. The van der Waals surface area contributed by atoms with E-state index in [2.05, 4.69) is 15.9 Å². The number of hydrogen-bond donors (Lipinski definition) is 0. The number of carbonyl (C=O) groups excluding carboxylic acids is 1. The second-order valence-corrected chi connectivity index (χ2v) is 3.86. The smallest absolute Gasteiger partial charge is 0.254 e. The van der Waals surface area contributed by atoms with E-state index in [-0.39, 0.29) is 5.91 Å². The fraction of sp³-hybridized carbons (Fsp3) is 0.200. The lowest BCUT2D eigenvalue weighted by molar-refractivity contribution is 0.0826. The molecule has 0 saturated heterocycles. The Hall–Kier alpha value is -1.34. The predicted octanol–water partition coefficient (Wildman–Crippen LogP) is 2.02. The number of nitriles is 1. The summed E-state index contributed by atoms with van der Waals surface area (Å²) in [5, 5.41) is 8.68. The van der Waals surface area contributed by atoms with E-state index in [9.17, 15) is 4.79 Å². The first-order chi connectivity index (χ1) is 6.56. The molecule has 0 aliphatic heterocycles. The minimum absolute atomic E-state index is 0.117. The van der Waals surface area contributed by atoms with Crippen LogP contribution >= 0.6 is 15.9 Å². The highest BCUT2D eigenvalue weighted by molar-refractivity contribution is 9.10. The molecule has 0 fully saturated rings. The molecule has 0 saturated carbocycles. The SMILES string of the molecule is CN(C)C(=O)c1cc(C#N)ccc1Br. The van der Waals surface area contributed by atoms with Crippen molar-refractivity contribution in [2.75, 3.05) is 14.1 Å². The van der Waals surface area contributed by atoms with Gasteiger partial charge < -0.3 is 4.90 Å². The summed E-state index contributed by atoms with van der Waals surface area (Å²) >= 11 is 3.27. The first kappa shape index (κ1) is 10.7. The van der Waals surface area contributed by atoms with E-state index in [1.807, 2.05) is 6.07 Å². The molecule has 1 aromatic carbocycles. The molecule has 0 atom stereocenters. The van der Waals surface area contributed by atoms with Crippen molar-refractivity contribution in [3.05, 3.63) is 33.8 Å². The average Bonchev–Trinajstić information content (AvgIpc) is 2.17. The molecule has 0 aliphatic rings. The third kappa shape index (κ3) is 2.12. The standard InChI is InChI=1S/C10H9BrN2O/c1-13(2)10(14)8-5-7(6-12)3-4-9(8)11/h3-5H,1-2H3. The molecule has 0 aromatic heterocycles. The van der Waals surface area contributed by atoms with E-state index in [4.69, 9.17) is 5.26 Å². The maximum Gasteiger partial charge on any atom is 0.254 e. The second-order valence-electron chi connectivity index (χ2n) is 3.01. The van der Waals surface area contributed by atoms with Crippen molar-refractivity contribution in [1.82, 2.24) is 4.90 Å². The van der Waals surface area contributed by atoms with Crippen LogP contribution in [0.25, 0.3) is 0 Å². The van der Waals surface area contributed by atoms with Crippen molar-refractivity contribution < 1.29 is 4.79 Å². The Morgan fingerprint density at radius 3 is 2.64 bits per heavy atom. The van der Waals surface area contributed by atoms with Gasteiger partial charge in [0.15, 0.2) is 0 Å². The van der Waals surface area contributed by atoms with Crippen molar-refractivity contribution >= 4 is 21.8 Å². The Morgan fingerprint density at radius 1 is 1.50 bits per heavy atom. The van der Waals surface area contributed by atoms with E-state index in [0.717, 1.165) is 0 Å². The van der Waals surface area contributed by atoms with E-state index in [1.54, 1.807) is 32.3 Å². The third-order valence-electron chi connectivity index (χ3n) is 1.73. The van der Waals surface area contributed by atoms with Crippen molar-refractivity contribution in [3.63, 3.8) is 0 Å². The molecule has 0 spiro atoms. The highest BCUT2D eigenvalue weighted by Crippen LogP contribution is 2.19. The number of nitrogens with zero attached hydrogens (tertiary/aromatic N) is 2. The van der Waals surface area contributed by atoms with Crippen LogP contribution in [0.1, 0.15) is 15.9 Å². The number of halogens is 1. The van der Waals surface area contributed by atoms with Crippen LogP contribution in [-0.4, -0.2) is 24.9 Å². The van der Waals surface area contributed by atoms with Crippen molar-refractivity contribution in [3.8, 4) is 6.07 Å². The summed E-state index contributed by atoms with van der Waals surface area (Å²) in [6.45, 7) is 0. The van der Waals surface area contributed by atoms with Crippen LogP contribution in [0.3, 0.4) is 0 Å². The number of carbonyl (C=O) groups is 1. The van der Waals surface area contributed by atoms with Crippen LogP contribution in [-0.2, 0) is 0 Å². The van der Waals surface area contributed by atoms with Crippen LogP contribution in [0, 0.1) is 11.3 Å². The molecule has 1 aromatic rings. The summed E-state index contributed by atoms with van der Waals surface area (Å²) < 4.78 is 0.704. The first-order valence-corrected chi connectivity index (χ1v) is 4.77. The summed E-state index contributed by atoms with van der Waals surface area (Å²) in [5.74, 6) is -0.117. The summed E-state index contributed by atoms with van der Waals surface area (Å²) in [4.78, 5) is 13.1. The second kappa shape index (κ2) is 4.25. The van der Waals surface area contributed by atoms with Gasteiger partial charge in [-0.15, -0.1) is 0 Å². The predicted molar refractivity (Wildman–Crippen MR) is 56.9 cm³/mol. The molecular formula is C10H9BrN2O. The van der Waals surface area contributed by atoms with Gasteiger partial charge in [-0.05, 0) is 34.1 Å². The summed E-state index contributed by atoms with van der Waals surface area (Å²) in [6.07, 6.45) is 0. The largest absolute Gasteiger partial charge is 0.345 e. The van der Waals surface area contributed by atoms with Crippen molar-refractivity contribution in [2.45, 2.75) is 0 Å². The van der Waals surface area contributed by atoms with Gasteiger partial charge in [-0.2, -0.15) is 5.26 Å². The van der Waals surface area contributed by atoms with Crippen LogP contribution < -0.4 is 0 Å². The molecular weight excluding hydrogens is 244 g/mol. The van der Waals surface area contributed by atoms with E-state index >= 15 is 0 Å². The normalized spacial score (nSPS) is 9.29. The summed E-state index contributed by atoms with van der Waals surface area (Å²) in [7, 11) is 3.35. The highest BCUT2D eigenvalue weighted by atomic mass is 79.9. The van der Waals surface area contributed by atoms with Gasteiger partial charge in [-0.3, -0.25) is 4.79 Å². The zero-order chi connectivity index (χ0) is 10.7. The average molecular weight is 253 g/mol. The van der Waals surface area contributed by atoms with E-state index < -0.39 is 0 Å². The van der Waals surface area contributed by atoms with Crippen LogP contribution in [0.5, 0.6) is 0 Å². The molecule has 0 radical (unpaired) electrons. The molecule has 1 amide bonds. The topological polar surface area (TPSA) is 44.1 Å². The Morgan fingerprint density at radius 2 is 2.14 bits per heavy atom. The van der Waals surface area contributed by atoms with Crippen LogP contribution in [0.4, 0.5) is 0 Å². The van der Waals surface area contributed by atoms with E-state index in [1.165, 1.54) is 4.90 Å². The van der Waals surface area contributed by atoms with Gasteiger partial charge >= 0.3 is 0 Å². The van der Waals surface area contributed by atoms with Crippen LogP contribution in [0.15, 0.2) is 22.7 Å². The van der Waals surface area contributed by atoms with E-state index in [0.29, 0.717) is 15.6 Å². The molecule has 0 N–H and O–H groups in total. The minimum Gasteiger partial charge on any atom is -0.345 e. The molecule has 0 aliphatic carbocycles. The quantitative estimate of drug-likeness (QED) is 0.768. The molecule has 4 heteroatoms. The fourth-order valence-corrected chi connectivity index (χ4v) is 1.42. The Balaban J connectivity index is 3.21. The zero-order valence-electron chi connectivity index (χ0n) is 7.91. The molecule has 14 heavy (non-hydrogen) atoms. The molecule has 0 heterocycles. The van der Waals surface area contributed by atoms with Gasteiger partial charge in [0, 0.05) is 18.6 Å². The molecule has 3 nitrogen and oxygen atoms in total. The molecule has 0 bridgehead atoms. The molecule has 1 rings (SSSR count). The van der Waals surface area contributed by atoms with Crippen molar-refractivity contribution in [1.29, 1.82) is 5.26 Å². The zero-order valence-corrected chi connectivity index (χ0v) is 9.50. The number of rotatable bonds is 1. The third-order valence-corrected chi connectivity index (χ3v) is 2.42. The lowest BCUT2D eigenvalue weighted by atomic mass is 10.1. The van der Waals surface area contributed by atoms with Gasteiger partial charge in [0.1, 0.15) is 0 Å². The monoisotopic (exact) mass is 252 g/mol. The number of amides is 1. The maximum atomic E-state index is 11.6. The van der Waals surface area contributed by atoms with Crippen molar-refractivity contribution in [2.24, 2.45) is 0 Å². The van der Waals surface area contributed by atoms with Gasteiger partial charge in [0.05, 0.1) is 17.2 Å². The molecule has 72 valence electrons. The van der Waals surface area contributed by atoms with Crippen LogP contribution in [0.2, 0.25) is 0 Å². The Bertz CT molecular complexity index is 407. The lowest BCUT2D eigenvalue weighted by Gasteiger charge is -2.11. The number of hydrogen-bond acceptors (Lipinski definition) is 2.